The summed E-state index contributed by atoms with van der Waals surface area (Å²) in [5.41, 5.74) is -0.829. The van der Waals surface area contributed by atoms with Gasteiger partial charge in [0.1, 0.15) is 12.2 Å². The van der Waals surface area contributed by atoms with Crippen LogP contribution in [0.1, 0.15) is 21.5 Å². The molecule has 2 rings (SSSR count). The third-order valence-corrected chi connectivity index (χ3v) is 3.86. The van der Waals surface area contributed by atoms with Gasteiger partial charge in [-0.15, -0.1) is 0 Å². The van der Waals surface area contributed by atoms with Crippen LogP contribution in [0.3, 0.4) is 0 Å². The lowest BCUT2D eigenvalue weighted by molar-refractivity contribution is -0.384. The van der Waals surface area contributed by atoms with Crippen LogP contribution < -0.4 is 10.6 Å². The van der Waals surface area contributed by atoms with E-state index in [0.29, 0.717) is 5.56 Å². The molecule has 0 aromatic heterocycles. The molecule has 0 saturated carbocycles. The zero-order valence-corrected chi connectivity index (χ0v) is 16.0. The number of carbonyl (C=O) groups is 3. The van der Waals surface area contributed by atoms with Crippen molar-refractivity contribution in [2.24, 2.45) is 0 Å². The number of hydrogen-bond donors (Lipinski definition) is 2. The molecule has 2 amide bonds. The van der Waals surface area contributed by atoms with Crippen LogP contribution in [-0.2, 0) is 20.5 Å². The molecule has 9 nitrogen and oxygen atoms in total. The Morgan fingerprint density at radius 2 is 1.74 bits per heavy atom. The van der Waals surface area contributed by atoms with Gasteiger partial charge in [0.25, 0.3) is 17.5 Å². The summed E-state index contributed by atoms with van der Waals surface area (Å²) in [6, 6.07) is 7.49. The van der Waals surface area contributed by atoms with E-state index < -0.39 is 47.6 Å². The number of nitro groups is 1. The van der Waals surface area contributed by atoms with E-state index in [9.17, 15) is 37.7 Å². The smallest absolute Gasteiger partial charge is 0.416 e. The first kappa shape index (κ1) is 23.3. The fourth-order valence-electron chi connectivity index (χ4n) is 2.35. The molecule has 2 aromatic rings. The van der Waals surface area contributed by atoms with Crippen molar-refractivity contribution in [2.75, 3.05) is 18.5 Å². The lowest BCUT2D eigenvalue weighted by Gasteiger charge is -2.09. The highest BCUT2D eigenvalue weighted by Gasteiger charge is 2.30. The molecule has 0 atom stereocenters. The van der Waals surface area contributed by atoms with Gasteiger partial charge < -0.3 is 15.4 Å². The number of amides is 2. The lowest BCUT2D eigenvalue weighted by atomic mass is 10.1. The number of ether oxygens (including phenoxy) is 1. The number of rotatable bonds is 7. The highest BCUT2D eigenvalue weighted by Crippen LogP contribution is 2.29. The first-order chi connectivity index (χ1) is 14.5. The van der Waals surface area contributed by atoms with Crippen LogP contribution in [0.25, 0.3) is 0 Å². The quantitative estimate of drug-likeness (QED) is 0.388. The Morgan fingerprint density at radius 3 is 2.32 bits per heavy atom. The number of nitrogens with zero attached hydrogens (tertiary/aromatic N) is 1. The lowest BCUT2D eigenvalue weighted by Crippen LogP contribution is -2.32. The van der Waals surface area contributed by atoms with Crippen molar-refractivity contribution in [3.8, 4) is 0 Å². The summed E-state index contributed by atoms with van der Waals surface area (Å²) >= 11 is 0. The number of aryl methyl sites for hydroxylation is 1. The van der Waals surface area contributed by atoms with Crippen molar-refractivity contribution >= 4 is 29.2 Å². The number of esters is 1. The van der Waals surface area contributed by atoms with E-state index in [0.717, 1.165) is 24.3 Å². The van der Waals surface area contributed by atoms with Crippen molar-refractivity contribution < 1.29 is 37.2 Å². The molecule has 31 heavy (non-hydrogen) atoms. The monoisotopic (exact) mass is 439 g/mol. The summed E-state index contributed by atoms with van der Waals surface area (Å²) in [5, 5.41) is 15.4. The van der Waals surface area contributed by atoms with Crippen LogP contribution in [0.4, 0.5) is 24.5 Å². The minimum atomic E-state index is -4.54. The van der Waals surface area contributed by atoms with Gasteiger partial charge in [0.2, 0.25) is 0 Å². The SMILES string of the molecule is Cc1ccc(NC(=O)COC(=O)CNC(=O)c2ccc(C(F)(F)F)cc2)c([N+](=O)[O-])c1. The van der Waals surface area contributed by atoms with Crippen molar-refractivity contribution in [1.82, 2.24) is 5.32 Å². The molecular formula is C19H16F3N3O6. The average Bonchev–Trinajstić information content (AvgIpc) is 2.71. The van der Waals surface area contributed by atoms with Crippen LogP contribution in [0.2, 0.25) is 0 Å². The predicted octanol–water partition coefficient (Wildman–Crippen LogP) is 2.83. The summed E-state index contributed by atoms with van der Waals surface area (Å²) in [7, 11) is 0. The van der Waals surface area contributed by atoms with E-state index in [2.05, 4.69) is 15.4 Å². The molecule has 0 aliphatic rings. The fraction of sp³-hybridized carbons (Fsp3) is 0.211. The molecule has 0 unspecified atom stereocenters. The number of halogens is 3. The maximum atomic E-state index is 12.5. The molecule has 0 aliphatic carbocycles. The van der Waals surface area contributed by atoms with Gasteiger partial charge in [0, 0.05) is 11.6 Å². The topological polar surface area (TPSA) is 128 Å². The van der Waals surface area contributed by atoms with Gasteiger partial charge in [0.15, 0.2) is 6.61 Å². The van der Waals surface area contributed by atoms with Crippen LogP contribution in [0, 0.1) is 17.0 Å². The molecule has 2 aromatic carbocycles. The number of anilines is 1. The van der Waals surface area contributed by atoms with Crippen LogP contribution in [0.5, 0.6) is 0 Å². The average molecular weight is 439 g/mol. The standard InChI is InChI=1S/C19H16F3N3O6/c1-11-2-7-14(15(8-11)25(29)30)24-16(26)10-31-17(27)9-23-18(28)12-3-5-13(6-4-12)19(20,21)22/h2-8H,9-10H2,1H3,(H,23,28)(H,24,26). The van der Waals surface area contributed by atoms with Crippen molar-refractivity contribution in [3.63, 3.8) is 0 Å². The van der Waals surface area contributed by atoms with E-state index in [1.807, 2.05) is 0 Å². The number of hydrogen-bond acceptors (Lipinski definition) is 6. The zero-order chi connectivity index (χ0) is 23.2. The van der Waals surface area contributed by atoms with E-state index in [1.165, 1.54) is 12.1 Å². The van der Waals surface area contributed by atoms with E-state index in [1.54, 1.807) is 13.0 Å². The molecule has 0 bridgehead atoms. The third-order valence-electron chi connectivity index (χ3n) is 3.86. The summed E-state index contributed by atoms with van der Waals surface area (Å²) in [6.07, 6.45) is -4.54. The molecule has 12 heteroatoms. The van der Waals surface area contributed by atoms with Gasteiger partial charge in [-0.2, -0.15) is 13.2 Å². The Morgan fingerprint density at radius 1 is 1.10 bits per heavy atom. The zero-order valence-electron chi connectivity index (χ0n) is 16.0. The summed E-state index contributed by atoms with van der Waals surface area (Å²) < 4.78 is 42.2. The summed E-state index contributed by atoms with van der Waals surface area (Å²) in [4.78, 5) is 45.8. The second-order valence-corrected chi connectivity index (χ2v) is 6.24. The van der Waals surface area contributed by atoms with E-state index in [4.69, 9.17) is 0 Å². The minimum Gasteiger partial charge on any atom is -0.454 e. The molecule has 2 N–H and O–H groups in total. The molecule has 0 saturated heterocycles. The fourth-order valence-corrected chi connectivity index (χ4v) is 2.35. The Balaban J connectivity index is 1.82. The second kappa shape index (κ2) is 9.69. The number of alkyl halides is 3. The summed E-state index contributed by atoms with van der Waals surface area (Å²) in [6.45, 7) is 0.233. The number of nitrogens with one attached hydrogen (secondary N) is 2. The van der Waals surface area contributed by atoms with Gasteiger partial charge in [-0.05, 0) is 42.8 Å². The highest BCUT2D eigenvalue weighted by atomic mass is 19.4. The van der Waals surface area contributed by atoms with Crippen LogP contribution >= 0.6 is 0 Å². The number of nitro benzene ring substituents is 1. The molecule has 164 valence electrons. The third kappa shape index (κ3) is 6.80. The Kier molecular flexibility index (Phi) is 7.29. The Bertz CT molecular complexity index is 1010. The van der Waals surface area contributed by atoms with Crippen LogP contribution in [-0.4, -0.2) is 35.9 Å². The second-order valence-electron chi connectivity index (χ2n) is 6.24. The molecule has 0 radical (unpaired) electrons. The minimum absolute atomic E-state index is 0.0766. The Labute approximate surface area is 173 Å². The number of carbonyl (C=O) groups excluding carboxylic acids is 3. The molecule has 0 spiro atoms. The van der Waals surface area contributed by atoms with E-state index >= 15 is 0 Å². The number of benzene rings is 2. The van der Waals surface area contributed by atoms with Gasteiger partial charge >= 0.3 is 12.1 Å². The van der Waals surface area contributed by atoms with Gasteiger partial charge in [-0.3, -0.25) is 24.5 Å². The molecule has 0 aliphatic heterocycles. The first-order valence-corrected chi connectivity index (χ1v) is 8.63. The van der Waals surface area contributed by atoms with Crippen molar-refractivity contribution in [3.05, 3.63) is 69.3 Å². The maximum Gasteiger partial charge on any atom is 0.416 e. The highest BCUT2D eigenvalue weighted by molar-refractivity contribution is 5.97. The first-order valence-electron chi connectivity index (χ1n) is 8.63. The summed E-state index contributed by atoms with van der Waals surface area (Å²) in [5.74, 6) is -2.64. The van der Waals surface area contributed by atoms with Crippen molar-refractivity contribution in [2.45, 2.75) is 13.1 Å². The normalized spacial score (nSPS) is 10.8. The molecule has 0 fully saturated rings. The molecule has 0 heterocycles. The molecular weight excluding hydrogens is 423 g/mol. The van der Waals surface area contributed by atoms with Crippen LogP contribution in [0.15, 0.2) is 42.5 Å². The van der Waals surface area contributed by atoms with Gasteiger partial charge in [-0.1, -0.05) is 6.07 Å². The maximum absolute atomic E-state index is 12.5. The largest absolute Gasteiger partial charge is 0.454 e. The van der Waals surface area contributed by atoms with E-state index in [-0.39, 0.29) is 16.9 Å². The predicted molar refractivity (Wildman–Crippen MR) is 101 cm³/mol. The Hall–Kier alpha value is -3.96. The van der Waals surface area contributed by atoms with Gasteiger partial charge in [0.05, 0.1) is 10.5 Å². The van der Waals surface area contributed by atoms with Gasteiger partial charge in [-0.25, -0.2) is 0 Å². The van der Waals surface area contributed by atoms with Crippen molar-refractivity contribution in [1.29, 1.82) is 0 Å².